The van der Waals surface area contributed by atoms with Gasteiger partial charge in [-0.3, -0.25) is 14.6 Å². The maximum Gasteiger partial charge on any atom is 0.317 e. The number of aryl methyl sites for hydroxylation is 1. The Bertz CT molecular complexity index is 425. The highest BCUT2D eigenvalue weighted by molar-refractivity contribution is 5.69. The second-order valence-corrected chi connectivity index (χ2v) is 5.10. The predicted octanol–water partition coefficient (Wildman–Crippen LogP) is -0.239. The predicted molar refractivity (Wildman–Crippen MR) is 70.9 cm³/mol. The molecule has 6 nitrogen and oxygen atoms in total. The second-order valence-electron chi connectivity index (χ2n) is 5.10. The highest BCUT2D eigenvalue weighted by Gasteiger charge is 2.21. The Morgan fingerprint density at radius 2 is 1.95 bits per heavy atom. The normalized spacial score (nSPS) is 19.5. The van der Waals surface area contributed by atoms with Gasteiger partial charge < -0.3 is 14.8 Å². The van der Waals surface area contributed by atoms with Gasteiger partial charge in [0.25, 0.3) is 0 Å². The van der Waals surface area contributed by atoms with E-state index in [2.05, 4.69) is 4.90 Å². The summed E-state index contributed by atoms with van der Waals surface area (Å²) in [5.41, 5.74) is 0.926. The molecular weight excluding hydrogens is 246 g/mol. The molecule has 1 unspecified atom stereocenters. The Labute approximate surface area is 112 Å². The number of β-amino-alcohol motifs (C(OH)–C–C–N with tert-alkyl or cyclic N) is 1. The lowest BCUT2D eigenvalue weighted by Gasteiger charge is -2.34. The summed E-state index contributed by atoms with van der Waals surface area (Å²) >= 11 is 0. The average Bonchev–Trinajstić information content (AvgIpc) is 2.78. The van der Waals surface area contributed by atoms with Crippen LogP contribution in [0.15, 0.2) is 18.5 Å². The molecule has 106 valence electrons. The van der Waals surface area contributed by atoms with Crippen LogP contribution in [0.2, 0.25) is 0 Å². The van der Waals surface area contributed by atoms with Crippen LogP contribution in [0.5, 0.6) is 0 Å². The van der Waals surface area contributed by atoms with Crippen molar-refractivity contribution in [2.75, 3.05) is 39.3 Å². The summed E-state index contributed by atoms with van der Waals surface area (Å²) in [5, 5.41) is 18.9. The van der Waals surface area contributed by atoms with Crippen LogP contribution in [0.4, 0.5) is 0 Å². The SMILES string of the molecule is Cn1ccc(C(O)CN2CCN(CC(=O)O)CC2)c1. The monoisotopic (exact) mass is 267 g/mol. The van der Waals surface area contributed by atoms with Crippen LogP contribution < -0.4 is 0 Å². The van der Waals surface area contributed by atoms with Crippen LogP contribution in [-0.2, 0) is 11.8 Å². The Kier molecular flexibility index (Phi) is 4.57. The van der Waals surface area contributed by atoms with Gasteiger partial charge in [-0.25, -0.2) is 0 Å². The number of carboxylic acids is 1. The van der Waals surface area contributed by atoms with Crippen LogP contribution in [0.25, 0.3) is 0 Å². The zero-order valence-corrected chi connectivity index (χ0v) is 11.2. The smallest absolute Gasteiger partial charge is 0.317 e. The van der Waals surface area contributed by atoms with Gasteiger partial charge in [0, 0.05) is 52.2 Å². The Hall–Kier alpha value is -1.37. The molecule has 1 aliphatic rings. The van der Waals surface area contributed by atoms with Gasteiger partial charge in [0.15, 0.2) is 0 Å². The molecule has 0 amide bonds. The highest BCUT2D eigenvalue weighted by atomic mass is 16.4. The van der Waals surface area contributed by atoms with Crippen molar-refractivity contribution in [3.8, 4) is 0 Å². The number of aliphatic hydroxyl groups is 1. The van der Waals surface area contributed by atoms with Gasteiger partial charge in [-0.05, 0) is 11.6 Å². The van der Waals surface area contributed by atoms with E-state index in [9.17, 15) is 9.90 Å². The fourth-order valence-electron chi connectivity index (χ4n) is 2.39. The van der Waals surface area contributed by atoms with Crippen LogP contribution in [0.1, 0.15) is 11.7 Å². The van der Waals surface area contributed by atoms with Gasteiger partial charge in [-0.1, -0.05) is 0 Å². The van der Waals surface area contributed by atoms with Crippen LogP contribution >= 0.6 is 0 Å². The lowest BCUT2D eigenvalue weighted by atomic mass is 10.1. The molecule has 2 heterocycles. The summed E-state index contributed by atoms with van der Waals surface area (Å²) in [4.78, 5) is 14.7. The van der Waals surface area contributed by atoms with Crippen molar-refractivity contribution in [1.29, 1.82) is 0 Å². The Morgan fingerprint density at radius 3 is 2.47 bits per heavy atom. The summed E-state index contributed by atoms with van der Waals surface area (Å²) in [6.45, 7) is 3.80. The number of aliphatic carboxylic acids is 1. The number of piperazine rings is 1. The molecule has 1 saturated heterocycles. The van der Waals surface area contributed by atoms with Gasteiger partial charge in [-0.15, -0.1) is 0 Å². The maximum atomic E-state index is 10.6. The molecule has 1 aliphatic heterocycles. The van der Waals surface area contributed by atoms with E-state index < -0.39 is 12.1 Å². The van der Waals surface area contributed by atoms with Gasteiger partial charge in [0.05, 0.1) is 12.6 Å². The van der Waals surface area contributed by atoms with Crippen molar-refractivity contribution < 1.29 is 15.0 Å². The minimum absolute atomic E-state index is 0.106. The summed E-state index contributed by atoms with van der Waals surface area (Å²) < 4.78 is 1.92. The molecule has 0 bridgehead atoms. The number of carboxylic acid groups (broad SMARTS) is 1. The first kappa shape index (κ1) is 14.0. The van der Waals surface area contributed by atoms with E-state index in [1.54, 1.807) is 0 Å². The topological polar surface area (TPSA) is 68.9 Å². The average molecular weight is 267 g/mol. The fraction of sp³-hybridized carbons (Fsp3) is 0.615. The van der Waals surface area contributed by atoms with E-state index in [4.69, 9.17) is 5.11 Å². The van der Waals surface area contributed by atoms with Crippen molar-refractivity contribution >= 4 is 5.97 Å². The zero-order chi connectivity index (χ0) is 13.8. The van der Waals surface area contributed by atoms with Gasteiger partial charge in [0.1, 0.15) is 0 Å². The second kappa shape index (κ2) is 6.18. The van der Waals surface area contributed by atoms with E-state index in [0.29, 0.717) is 6.54 Å². The molecule has 0 aliphatic carbocycles. The standard InChI is InChI=1S/C13H21N3O3/c1-14-3-2-11(8-14)12(17)9-15-4-6-16(7-5-15)10-13(18)19/h2-3,8,12,17H,4-7,9-10H2,1H3,(H,18,19). The minimum atomic E-state index is -0.780. The van der Waals surface area contributed by atoms with E-state index in [-0.39, 0.29) is 6.54 Å². The highest BCUT2D eigenvalue weighted by Crippen LogP contribution is 2.15. The number of nitrogens with zero attached hydrogens (tertiary/aromatic N) is 3. The zero-order valence-electron chi connectivity index (χ0n) is 11.2. The lowest BCUT2D eigenvalue weighted by molar-refractivity contribution is -0.138. The van der Waals surface area contributed by atoms with Crippen molar-refractivity contribution in [2.45, 2.75) is 6.10 Å². The molecular formula is C13H21N3O3. The first-order chi connectivity index (χ1) is 9.04. The molecule has 2 rings (SSSR count). The van der Waals surface area contributed by atoms with Crippen LogP contribution in [0, 0.1) is 0 Å². The van der Waals surface area contributed by atoms with Crippen molar-refractivity contribution in [1.82, 2.24) is 14.4 Å². The summed E-state index contributed by atoms with van der Waals surface area (Å²) in [5.74, 6) is -0.780. The molecule has 1 fully saturated rings. The molecule has 0 spiro atoms. The molecule has 0 aromatic carbocycles. The molecule has 6 heteroatoms. The third kappa shape index (κ3) is 4.05. The van der Waals surface area contributed by atoms with E-state index >= 15 is 0 Å². The summed E-state index contributed by atoms with van der Waals surface area (Å²) in [6, 6.07) is 1.92. The first-order valence-electron chi connectivity index (χ1n) is 6.51. The molecule has 2 N–H and O–H groups in total. The Balaban J connectivity index is 1.77. The molecule has 1 aromatic heterocycles. The van der Waals surface area contributed by atoms with Gasteiger partial charge >= 0.3 is 5.97 Å². The van der Waals surface area contributed by atoms with E-state index in [1.807, 2.05) is 35.0 Å². The Morgan fingerprint density at radius 1 is 1.32 bits per heavy atom. The number of hydrogen-bond acceptors (Lipinski definition) is 4. The molecule has 0 saturated carbocycles. The summed E-state index contributed by atoms with van der Waals surface area (Å²) in [7, 11) is 1.93. The summed E-state index contributed by atoms with van der Waals surface area (Å²) in [6.07, 6.45) is 3.36. The van der Waals surface area contributed by atoms with E-state index in [0.717, 1.165) is 31.7 Å². The van der Waals surface area contributed by atoms with Crippen molar-refractivity contribution in [3.05, 3.63) is 24.0 Å². The fourth-order valence-corrected chi connectivity index (χ4v) is 2.39. The number of rotatable bonds is 5. The number of carbonyl (C=O) groups is 1. The third-order valence-corrected chi connectivity index (χ3v) is 3.49. The number of aromatic nitrogens is 1. The maximum absolute atomic E-state index is 10.6. The lowest BCUT2D eigenvalue weighted by Crippen LogP contribution is -2.48. The quantitative estimate of drug-likeness (QED) is 0.770. The largest absolute Gasteiger partial charge is 0.480 e. The van der Waals surface area contributed by atoms with E-state index in [1.165, 1.54) is 0 Å². The van der Waals surface area contributed by atoms with Gasteiger partial charge in [-0.2, -0.15) is 0 Å². The van der Waals surface area contributed by atoms with Crippen molar-refractivity contribution in [3.63, 3.8) is 0 Å². The molecule has 1 aromatic rings. The molecule has 1 atom stereocenters. The van der Waals surface area contributed by atoms with Crippen molar-refractivity contribution in [2.24, 2.45) is 7.05 Å². The molecule has 19 heavy (non-hydrogen) atoms. The number of aliphatic hydroxyl groups excluding tert-OH is 1. The molecule has 0 radical (unpaired) electrons. The third-order valence-electron chi connectivity index (χ3n) is 3.49. The number of hydrogen-bond donors (Lipinski definition) is 2. The van der Waals surface area contributed by atoms with Crippen LogP contribution in [-0.4, -0.2) is 69.8 Å². The van der Waals surface area contributed by atoms with Gasteiger partial charge in [0.2, 0.25) is 0 Å². The first-order valence-corrected chi connectivity index (χ1v) is 6.51. The van der Waals surface area contributed by atoms with Crippen LogP contribution in [0.3, 0.4) is 0 Å². The minimum Gasteiger partial charge on any atom is -0.480 e.